The molecule has 1 aliphatic heterocycles. The molecule has 0 saturated heterocycles. The molecule has 0 bridgehead atoms. The molecule has 1 aromatic carbocycles. The largest absolute Gasteiger partial charge is 0.496 e. The third-order valence-corrected chi connectivity index (χ3v) is 5.74. The van der Waals surface area contributed by atoms with Crippen molar-refractivity contribution in [3.8, 4) is 11.5 Å². The van der Waals surface area contributed by atoms with E-state index in [0.717, 1.165) is 16.5 Å². The molecule has 0 saturated carbocycles. The average molecular weight is 408 g/mol. The van der Waals surface area contributed by atoms with Crippen molar-refractivity contribution in [3.63, 3.8) is 0 Å². The van der Waals surface area contributed by atoms with E-state index in [1.807, 2.05) is 54.8 Å². The van der Waals surface area contributed by atoms with Crippen LogP contribution in [0.2, 0.25) is 0 Å². The van der Waals surface area contributed by atoms with E-state index in [2.05, 4.69) is 6.58 Å². The van der Waals surface area contributed by atoms with Crippen LogP contribution >= 0.6 is 0 Å². The fraction of sp³-hybridized carbons (Fsp3) is 0.333. The molecule has 0 aliphatic carbocycles. The van der Waals surface area contributed by atoms with Crippen molar-refractivity contribution in [1.29, 1.82) is 0 Å². The molecule has 1 unspecified atom stereocenters. The van der Waals surface area contributed by atoms with E-state index in [4.69, 9.17) is 9.47 Å². The molecule has 6 nitrogen and oxygen atoms in total. The van der Waals surface area contributed by atoms with Crippen molar-refractivity contribution in [2.75, 3.05) is 20.8 Å². The minimum Gasteiger partial charge on any atom is -0.496 e. The molecule has 1 atom stereocenters. The van der Waals surface area contributed by atoms with Gasteiger partial charge in [0.15, 0.2) is 5.78 Å². The van der Waals surface area contributed by atoms with Crippen LogP contribution in [-0.4, -0.2) is 47.5 Å². The SMILES string of the molecule is C=C/C=C\C=C(/C)CN1C(=O)c2cc3c(OC)ccc(OC)c3n2CC1(C)C(C)=O. The molecule has 6 heteroatoms. The van der Waals surface area contributed by atoms with Gasteiger partial charge in [0.25, 0.3) is 5.91 Å². The Bertz CT molecular complexity index is 1080. The summed E-state index contributed by atoms with van der Waals surface area (Å²) in [5.41, 5.74) is 1.25. The summed E-state index contributed by atoms with van der Waals surface area (Å²) in [5.74, 6) is 1.02. The van der Waals surface area contributed by atoms with E-state index in [0.29, 0.717) is 30.3 Å². The molecule has 0 fully saturated rings. The highest BCUT2D eigenvalue weighted by Gasteiger charge is 2.46. The molecule has 0 spiro atoms. The number of fused-ring (bicyclic) bond motifs is 3. The number of ketones is 1. The van der Waals surface area contributed by atoms with Gasteiger partial charge in [0, 0.05) is 11.9 Å². The van der Waals surface area contributed by atoms with E-state index < -0.39 is 5.54 Å². The van der Waals surface area contributed by atoms with Gasteiger partial charge in [-0.05, 0) is 39.0 Å². The van der Waals surface area contributed by atoms with Gasteiger partial charge in [0.2, 0.25) is 0 Å². The van der Waals surface area contributed by atoms with Crippen LogP contribution in [0.1, 0.15) is 31.3 Å². The van der Waals surface area contributed by atoms with Crippen LogP contribution in [0.3, 0.4) is 0 Å². The fourth-order valence-electron chi connectivity index (χ4n) is 3.91. The first kappa shape index (κ1) is 21.4. The van der Waals surface area contributed by atoms with Gasteiger partial charge in [-0.2, -0.15) is 0 Å². The van der Waals surface area contributed by atoms with Gasteiger partial charge < -0.3 is 18.9 Å². The summed E-state index contributed by atoms with van der Waals surface area (Å²) in [5, 5.41) is 0.786. The van der Waals surface area contributed by atoms with Gasteiger partial charge in [-0.15, -0.1) is 0 Å². The number of aromatic nitrogens is 1. The fourth-order valence-corrected chi connectivity index (χ4v) is 3.91. The van der Waals surface area contributed by atoms with Gasteiger partial charge in [-0.1, -0.05) is 36.5 Å². The van der Waals surface area contributed by atoms with E-state index in [1.54, 1.807) is 25.2 Å². The zero-order valence-electron chi connectivity index (χ0n) is 18.2. The molecule has 1 aromatic heterocycles. The summed E-state index contributed by atoms with van der Waals surface area (Å²) < 4.78 is 12.9. The molecule has 3 rings (SSSR count). The van der Waals surface area contributed by atoms with E-state index >= 15 is 0 Å². The van der Waals surface area contributed by atoms with Gasteiger partial charge in [0.05, 0.1) is 26.3 Å². The summed E-state index contributed by atoms with van der Waals surface area (Å²) in [4.78, 5) is 28.0. The van der Waals surface area contributed by atoms with Crippen LogP contribution in [0, 0.1) is 0 Å². The van der Waals surface area contributed by atoms with Gasteiger partial charge >= 0.3 is 0 Å². The van der Waals surface area contributed by atoms with Crippen molar-refractivity contribution in [2.45, 2.75) is 32.9 Å². The highest BCUT2D eigenvalue weighted by atomic mass is 16.5. The number of ether oxygens (including phenoxy) is 2. The first-order valence-corrected chi connectivity index (χ1v) is 9.80. The highest BCUT2D eigenvalue weighted by molar-refractivity contribution is 6.06. The van der Waals surface area contributed by atoms with Crippen molar-refractivity contribution in [2.24, 2.45) is 0 Å². The molecule has 0 N–H and O–H groups in total. The number of amides is 1. The predicted molar refractivity (Wildman–Crippen MR) is 118 cm³/mol. The molecule has 30 heavy (non-hydrogen) atoms. The summed E-state index contributed by atoms with van der Waals surface area (Å²) in [6.45, 7) is 9.65. The van der Waals surface area contributed by atoms with Gasteiger partial charge in [0.1, 0.15) is 22.7 Å². The zero-order valence-corrected chi connectivity index (χ0v) is 18.2. The number of rotatable bonds is 7. The summed E-state index contributed by atoms with van der Waals surface area (Å²) in [6, 6.07) is 5.45. The second-order valence-corrected chi connectivity index (χ2v) is 7.70. The lowest BCUT2D eigenvalue weighted by molar-refractivity contribution is -0.128. The van der Waals surface area contributed by atoms with Gasteiger partial charge in [-0.3, -0.25) is 9.59 Å². The molecule has 0 radical (unpaired) electrons. The summed E-state index contributed by atoms with van der Waals surface area (Å²) >= 11 is 0. The maximum Gasteiger partial charge on any atom is 0.271 e. The van der Waals surface area contributed by atoms with Crippen LogP contribution in [0.4, 0.5) is 0 Å². The Morgan fingerprint density at radius 1 is 1.20 bits per heavy atom. The Morgan fingerprint density at radius 3 is 2.47 bits per heavy atom. The first-order valence-electron chi connectivity index (χ1n) is 9.80. The Hall–Kier alpha value is -3.28. The van der Waals surface area contributed by atoms with E-state index in [-0.39, 0.29) is 11.7 Å². The number of carbonyl (C=O) groups is 2. The third-order valence-electron chi connectivity index (χ3n) is 5.74. The van der Waals surface area contributed by atoms with Crippen LogP contribution in [0.5, 0.6) is 11.5 Å². The zero-order chi connectivity index (χ0) is 22.1. The number of nitrogens with zero attached hydrogens (tertiary/aromatic N) is 2. The van der Waals surface area contributed by atoms with Crippen molar-refractivity contribution >= 4 is 22.6 Å². The van der Waals surface area contributed by atoms with E-state index in [1.165, 1.54) is 6.92 Å². The Labute approximate surface area is 177 Å². The number of hydrogen-bond donors (Lipinski definition) is 0. The Kier molecular flexibility index (Phi) is 5.87. The highest BCUT2D eigenvalue weighted by Crippen LogP contribution is 2.40. The second-order valence-electron chi connectivity index (χ2n) is 7.70. The van der Waals surface area contributed by atoms with Gasteiger partial charge in [-0.25, -0.2) is 0 Å². The Morgan fingerprint density at radius 2 is 1.87 bits per heavy atom. The van der Waals surface area contributed by atoms with E-state index in [9.17, 15) is 9.59 Å². The normalized spacial score (nSPS) is 19.3. The number of hydrogen-bond acceptors (Lipinski definition) is 4. The molecular weight excluding hydrogens is 380 g/mol. The average Bonchev–Trinajstić information content (AvgIpc) is 3.10. The number of Topliss-reactive ketones (excluding diaryl/α,β-unsaturated/α-hetero) is 1. The monoisotopic (exact) mass is 408 g/mol. The minimum atomic E-state index is -0.985. The lowest BCUT2D eigenvalue weighted by atomic mass is 9.91. The lowest BCUT2D eigenvalue weighted by Gasteiger charge is -2.44. The van der Waals surface area contributed by atoms with Crippen LogP contribution in [0.25, 0.3) is 10.9 Å². The van der Waals surface area contributed by atoms with Crippen molar-refractivity contribution in [3.05, 3.63) is 60.3 Å². The predicted octanol–water partition coefficient (Wildman–Crippen LogP) is 4.15. The van der Waals surface area contributed by atoms with Crippen LogP contribution < -0.4 is 9.47 Å². The topological polar surface area (TPSA) is 60.8 Å². The number of carbonyl (C=O) groups excluding carboxylic acids is 2. The lowest BCUT2D eigenvalue weighted by Crippen LogP contribution is -2.60. The molecule has 2 heterocycles. The minimum absolute atomic E-state index is 0.0698. The summed E-state index contributed by atoms with van der Waals surface area (Å²) in [6.07, 6.45) is 7.30. The Balaban J connectivity index is 2.18. The number of methoxy groups -OCH3 is 2. The molecular formula is C24H28N2O4. The van der Waals surface area contributed by atoms with Crippen molar-refractivity contribution < 1.29 is 19.1 Å². The molecule has 1 aliphatic rings. The van der Waals surface area contributed by atoms with Crippen LogP contribution in [-0.2, 0) is 11.3 Å². The number of allylic oxidation sites excluding steroid dienone is 4. The first-order chi connectivity index (χ1) is 14.3. The number of benzene rings is 1. The molecule has 158 valence electrons. The maximum atomic E-state index is 13.6. The molecule has 2 aromatic rings. The summed E-state index contributed by atoms with van der Waals surface area (Å²) in [7, 11) is 3.18. The standard InChI is InChI=1S/C24H28N2O4/c1-7-8-9-10-16(2)14-26-23(28)19-13-18-20(29-5)11-12-21(30-6)22(18)25(19)15-24(26,4)17(3)27/h7-13H,1,14-15H2,2-6H3/b9-8-,16-10+. The smallest absolute Gasteiger partial charge is 0.271 e. The van der Waals surface area contributed by atoms with Crippen molar-refractivity contribution in [1.82, 2.24) is 9.47 Å². The second kappa shape index (κ2) is 8.22. The maximum absolute atomic E-state index is 13.6. The molecule has 1 amide bonds. The quantitative estimate of drug-likeness (QED) is 0.646. The third kappa shape index (κ3) is 3.43. The van der Waals surface area contributed by atoms with Crippen LogP contribution in [0.15, 0.2) is 54.7 Å².